The largest absolute Gasteiger partial charge is 0.456 e. The molecule has 148 valence electrons. The second-order valence-corrected chi connectivity index (χ2v) is 9.28. The number of unbranched alkanes of at least 4 members (excludes halogenated alkanes) is 1. The summed E-state index contributed by atoms with van der Waals surface area (Å²) in [4.78, 5) is 34.3. The molecule has 0 spiro atoms. The van der Waals surface area contributed by atoms with Gasteiger partial charge in [0.25, 0.3) is 11.6 Å². The Bertz CT molecular complexity index is 705. The van der Waals surface area contributed by atoms with E-state index in [-0.39, 0.29) is 17.8 Å². The number of ether oxygens (including phenoxy) is 1. The summed E-state index contributed by atoms with van der Waals surface area (Å²) >= 11 is 0. The summed E-state index contributed by atoms with van der Waals surface area (Å²) in [5.41, 5.74) is 1.52. The van der Waals surface area contributed by atoms with Gasteiger partial charge in [0.15, 0.2) is 6.61 Å². The van der Waals surface area contributed by atoms with Crippen LogP contribution in [0.25, 0.3) is 0 Å². The third-order valence-corrected chi connectivity index (χ3v) is 7.34. The number of benzene rings is 1. The number of hydrogen-bond acceptors (Lipinski definition) is 7. The number of nitro groups is 1. The van der Waals surface area contributed by atoms with Crippen LogP contribution in [0.2, 0.25) is 0 Å². The first kappa shape index (κ1) is 21.6. The van der Waals surface area contributed by atoms with Crippen molar-refractivity contribution in [3.63, 3.8) is 0 Å². The molecule has 1 aromatic carbocycles. The molecule has 0 aromatic heterocycles. The van der Waals surface area contributed by atoms with Crippen molar-refractivity contribution < 1.29 is 19.2 Å². The van der Waals surface area contributed by atoms with Crippen LogP contribution in [0.15, 0.2) is 12.1 Å². The molecule has 27 heavy (non-hydrogen) atoms. The van der Waals surface area contributed by atoms with Crippen molar-refractivity contribution in [3.8, 4) is 0 Å². The van der Waals surface area contributed by atoms with Crippen LogP contribution in [0.5, 0.6) is 0 Å². The van der Waals surface area contributed by atoms with E-state index in [1.165, 1.54) is 18.2 Å². The summed E-state index contributed by atoms with van der Waals surface area (Å²) < 4.78 is 4.97. The van der Waals surface area contributed by atoms with Crippen LogP contribution >= 0.6 is 21.6 Å². The molecule has 1 fully saturated rings. The molecule has 0 saturated carbocycles. The van der Waals surface area contributed by atoms with Crippen molar-refractivity contribution in [1.29, 1.82) is 0 Å². The second kappa shape index (κ2) is 10.6. The van der Waals surface area contributed by atoms with Crippen LogP contribution in [0, 0.1) is 24.0 Å². The van der Waals surface area contributed by atoms with Gasteiger partial charge in [-0.25, -0.2) is 0 Å². The lowest BCUT2D eigenvalue weighted by Gasteiger charge is -2.10. The molecule has 0 unspecified atom stereocenters. The fourth-order valence-electron chi connectivity index (χ4n) is 2.66. The number of carbonyl (C=O) groups excluding carboxylic acids is 2. The average Bonchev–Trinajstić information content (AvgIpc) is 3.13. The summed E-state index contributed by atoms with van der Waals surface area (Å²) in [6, 6.07) is 2.96. The molecule has 1 atom stereocenters. The Balaban J connectivity index is 1.73. The molecule has 1 heterocycles. The predicted octanol–water partition coefficient (Wildman–Crippen LogP) is 4.41. The number of nitrogens with zero attached hydrogens (tertiary/aromatic N) is 1. The summed E-state index contributed by atoms with van der Waals surface area (Å²) in [6.07, 6.45) is 4.31. The highest BCUT2D eigenvalue weighted by molar-refractivity contribution is 8.77. The van der Waals surface area contributed by atoms with Crippen molar-refractivity contribution in [2.75, 3.05) is 17.7 Å². The van der Waals surface area contributed by atoms with Gasteiger partial charge >= 0.3 is 5.97 Å². The Labute approximate surface area is 166 Å². The van der Waals surface area contributed by atoms with Gasteiger partial charge in [-0.3, -0.25) is 19.7 Å². The molecule has 1 aliphatic heterocycles. The molecule has 1 saturated heterocycles. The first-order valence-electron chi connectivity index (χ1n) is 8.86. The lowest BCUT2D eigenvalue weighted by molar-refractivity contribution is -0.384. The summed E-state index contributed by atoms with van der Waals surface area (Å²) in [6.45, 7) is 3.12. The van der Waals surface area contributed by atoms with Gasteiger partial charge in [0.2, 0.25) is 0 Å². The maximum atomic E-state index is 12.0. The molecule has 0 radical (unpaired) electrons. The molecule has 7 nitrogen and oxygen atoms in total. The van der Waals surface area contributed by atoms with Gasteiger partial charge in [0.05, 0.1) is 4.92 Å². The minimum atomic E-state index is -0.589. The Morgan fingerprint density at radius 3 is 2.70 bits per heavy atom. The molecule has 1 amide bonds. The number of nitrogens with one attached hydrogen (secondary N) is 1. The zero-order valence-corrected chi connectivity index (χ0v) is 17.1. The quantitative estimate of drug-likeness (QED) is 0.211. The lowest BCUT2D eigenvalue weighted by Crippen LogP contribution is -2.21. The number of amides is 1. The molecule has 1 N–H and O–H groups in total. The van der Waals surface area contributed by atoms with Crippen LogP contribution in [-0.4, -0.2) is 34.4 Å². The van der Waals surface area contributed by atoms with E-state index in [2.05, 4.69) is 5.32 Å². The standard InChI is InChI=1S/C18H24N2O5S2/c1-12-9-15(16(20(23)24)10-13(12)2)19-17(21)11-25-18(22)6-4-3-5-14-7-8-26-27-14/h9-10,14H,3-8,11H2,1-2H3,(H,19,21)/t14-/m1/s1. The molecule has 1 aromatic rings. The normalized spacial score (nSPS) is 16.1. The number of hydrogen-bond donors (Lipinski definition) is 1. The van der Waals surface area contributed by atoms with E-state index in [1.807, 2.05) is 21.6 Å². The van der Waals surface area contributed by atoms with Gasteiger partial charge in [-0.2, -0.15) is 0 Å². The number of carbonyl (C=O) groups is 2. The fourth-order valence-corrected chi connectivity index (χ4v) is 5.69. The molecule has 2 rings (SSSR count). The first-order valence-corrected chi connectivity index (χ1v) is 11.2. The van der Waals surface area contributed by atoms with Crippen molar-refractivity contribution in [3.05, 3.63) is 33.4 Å². The predicted molar refractivity (Wildman–Crippen MR) is 109 cm³/mol. The molecule has 1 aliphatic rings. The number of anilines is 1. The zero-order chi connectivity index (χ0) is 19.8. The van der Waals surface area contributed by atoms with E-state index < -0.39 is 23.4 Å². The molecule has 0 bridgehead atoms. The molecule has 9 heteroatoms. The van der Waals surface area contributed by atoms with E-state index in [9.17, 15) is 19.7 Å². The highest BCUT2D eigenvalue weighted by atomic mass is 33.1. The van der Waals surface area contributed by atoms with Crippen LogP contribution in [-0.2, 0) is 14.3 Å². The highest BCUT2D eigenvalue weighted by Crippen LogP contribution is 2.39. The molecule has 0 aliphatic carbocycles. The monoisotopic (exact) mass is 412 g/mol. The molecular weight excluding hydrogens is 388 g/mol. The maximum Gasteiger partial charge on any atom is 0.306 e. The minimum Gasteiger partial charge on any atom is -0.456 e. The summed E-state index contributed by atoms with van der Waals surface area (Å²) in [7, 11) is 3.82. The third-order valence-electron chi connectivity index (χ3n) is 4.33. The van der Waals surface area contributed by atoms with E-state index in [0.717, 1.165) is 30.4 Å². The SMILES string of the molecule is Cc1cc(NC(=O)COC(=O)CCCC[C@@H]2CCSS2)c([N+](=O)[O-])cc1C. The van der Waals surface area contributed by atoms with Crippen molar-refractivity contribution in [1.82, 2.24) is 0 Å². The van der Waals surface area contributed by atoms with E-state index in [1.54, 1.807) is 19.9 Å². The van der Waals surface area contributed by atoms with E-state index in [0.29, 0.717) is 5.25 Å². The topological polar surface area (TPSA) is 98.5 Å². The Kier molecular flexibility index (Phi) is 8.43. The Morgan fingerprint density at radius 2 is 2.04 bits per heavy atom. The minimum absolute atomic E-state index is 0.107. The second-order valence-electron chi connectivity index (χ2n) is 6.49. The third kappa shape index (κ3) is 7.06. The molecular formula is C18H24N2O5S2. The van der Waals surface area contributed by atoms with Crippen LogP contribution in [0.4, 0.5) is 11.4 Å². The van der Waals surface area contributed by atoms with Crippen molar-refractivity contribution in [2.24, 2.45) is 0 Å². The maximum absolute atomic E-state index is 12.0. The number of aryl methyl sites for hydroxylation is 2. The van der Waals surface area contributed by atoms with Crippen LogP contribution in [0.1, 0.15) is 43.2 Å². The number of esters is 1. The Morgan fingerprint density at radius 1 is 1.30 bits per heavy atom. The zero-order valence-electron chi connectivity index (χ0n) is 15.5. The number of nitro benzene ring substituents is 1. The van der Waals surface area contributed by atoms with Crippen LogP contribution < -0.4 is 5.32 Å². The highest BCUT2D eigenvalue weighted by Gasteiger charge is 2.19. The smallest absolute Gasteiger partial charge is 0.306 e. The van der Waals surface area contributed by atoms with Crippen molar-refractivity contribution in [2.45, 2.75) is 51.2 Å². The first-order chi connectivity index (χ1) is 12.9. The van der Waals surface area contributed by atoms with E-state index >= 15 is 0 Å². The Hall–Kier alpha value is -1.74. The summed E-state index contributed by atoms with van der Waals surface area (Å²) in [5.74, 6) is 0.188. The summed E-state index contributed by atoms with van der Waals surface area (Å²) in [5, 5.41) is 14.3. The van der Waals surface area contributed by atoms with Gasteiger partial charge in [-0.05, 0) is 50.3 Å². The lowest BCUT2D eigenvalue weighted by atomic mass is 10.1. The van der Waals surface area contributed by atoms with E-state index in [4.69, 9.17) is 4.74 Å². The van der Waals surface area contributed by atoms with Gasteiger partial charge in [0, 0.05) is 23.5 Å². The van der Waals surface area contributed by atoms with Crippen molar-refractivity contribution >= 4 is 44.8 Å². The van der Waals surface area contributed by atoms with Gasteiger partial charge in [0.1, 0.15) is 5.69 Å². The average molecular weight is 413 g/mol. The van der Waals surface area contributed by atoms with Gasteiger partial charge in [-0.15, -0.1) is 0 Å². The van der Waals surface area contributed by atoms with Crippen LogP contribution in [0.3, 0.4) is 0 Å². The number of rotatable bonds is 9. The van der Waals surface area contributed by atoms with Gasteiger partial charge in [-0.1, -0.05) is 28.0 Å². The van der Waals surface area contributed by atoms with Gasteiger partial charge < -0.3 is 10.1 Å². The fraction of sp³-hybridized carbons (Fsp3) is 0.556.